The third-order valence-corrected chi connectivity index (χ3v) is 3.50. The number of carbonyl (C=O) groups excluding carboxylic acids is 1. The Morgan fingerprint density at radius 2 is 2.26 bits per heavy atom. The highest BCUT2D eigenvalue weighted by Gasteiger charge is 2.37. The zero-order valence-corrected chi connectivity index (χ0v) is 11.1. The molecule has 0 bridgehead atoms. The number of furan rings is 1. The Balaban J connectivity index is 1.95. The molecular formula is C13H18N2O4. The molecule has 1 aromatic heterocycles. The predicted octanol–water partition coefficient (Wildman–Crippen LogP) is 1.48. The zero-order chi connectivity index (χ0) is 14.0. The lowest BCUT2D eigenvalue weighted by molar-refractivity contribution is -0.142. The smallest absolute Gasteiger partial charge is 0.320 e. The van der Waals surface area contributed by atoms with E-state index in [0.29, 0.717) is 18.8 Å². The number of likely N-dealkylation sites (tertiary alicyclic amines) is 1. The molecule has 0 aromatic carbocycles. The summed E-state index contributed by atoms with van der Waals surface area (Å²) < 4.78 is 5.19. The van der Waals surface area contributed by atoms with Crippen molar-refractivity contribution in [2.45, 2.75) is 13.5 Å². The maximum atomic E-state index is 12.2. The van der Waals surface area contributed by atoms with Gasteiger partial charge in [-0.2, -0.15) is 0 Å². The van der Waals surface area contributed by atoms with E-state index >= 15 is 0 Å². The number of aliphatic carboxylic acids is 1. The van der Waals surface area contributed by atoms with Crippen molar-refractivity contribution in [3.8, 4) is 0 Å². The molecule has 2 amide bonds. The normalized spacial score (nSPS) is 22.5. The quantitative estimate of drug-likeness (QED) is 0.899. The molecule has 0 spiro atoms. The number of nitrogens with zero attached hydrogens (tertiary/aromatic N) is 2. The van der Waals surface area contributed by atoms with Crippen LogP contribution in [0.4, 0.5) is 4.79 Å². The monoisotopic (exact) mass is 266 g/mol. The summed E-state index contributed by atoms with van der Waals surface area (Å²) in [5, 5.41) is 9.06. The van der Waals surface area contributed by atoms with Gasteiger partial charge in [0.15, 0.2) is 0 Å². The van der Waals surface area contributed by atoms with E-state index in [9.17, 15) is 9.59 Å². The van der Waals surface area contributed by atoms with Crippen molar-refractivity contribution >= 4 is 12.0 Å². The summed E-state index contributed by atoms with van der Waals surface area (Å²) in [4.78, 5) is 26.4. The van der Waals surface area contributed by atoms with Crippen molar-refractivity contribution < 1.29 is 19.1 Å². The molecule has 19 heavy (non-hydrogen) atoms. The van der Waals surface area contributed by atoms with Gasteiger partial charge in [0, 0.05) is 20.1 Å². The second-order valence-electron chi connectivity index (χ2n) is 5.04. The fourth-order valence-corrected chi connectivity index (χ4v) is 2.39. The molecule has 0 saturated carbocycles. The number of carboxylic acids is 1. The summed E-state index contributed by atoms with van der Waals surface area (Å²) in [5.74, 6) is -0.617. The highest BCUT2D eigenvalue weighted by atomic mass is 16.4. The van der Waals surface area contributed by atoms with Gasteiger partial charge in [-0.25, -0.2) is 4.79 Å². The lowest BCUT2D eigenvalue weighted by atomic mass is 9.99. The SMILES string of the molecule is CC1CN(C(=O)N(C)Cc2ccco2)CC1C(=O)O. The van der Waals surface area contributed by atoms with Crippen molar-refractivity contribution in [1.82, 2.24) is 9.80 Å². The van der Waals surface area contributed by atoms with Crippen molar-refractivity contribution in [3.63, 3.8) is 0 Å². The van der Waals surface area contributed by atoms with Gasteiger partial charge < -0.3 is 19.3 Å². The average Bonchev–Trinajstić information content (AvgIpc) is 2.97. The molecule has 1 aromatic rings. The van der Waals surface area contributed by atoms with Crippen LogP contribution in [0.5, 0.6) is 0 Å². The molecule has 104 valence electrons. The lowest BCUT2D eigenvalue weighted by Gasteiger charge is -2.23. The molecule has 6 heteroatoms. The Hall–Kier alpha value is -1.98. The van der Waals surface area contributed by atoms with Crippen molar-refractivity contribution in [1.29, 1.82) is 0 Å². The fourth-order valence-electron chi connectivity index (χ4n) is 2.39. The minimum Gasteiger partial charge on any atom is -0.481 e. The average molecular weight is 266 g/mol. The van der Waals surface area contributed by atoms with Crippen LogP contribution in [0.15, 0.2) is 22.8 Å². The van der Waals surface area contributed by atoms with Crippen LogP contribution in [-0.2, 0) is 11.3 Å². The topological polar surface area (TPSA) is 74.0 Å². The maximum Gasteiger partial charge on any atom is 0.320 e. The Morgan fingerprint density at radius 1 is 1.53 bits per heavy atom. The third kappa shape index (κ3) is 2.89. The number of hydrogen-bond acceptors (Lipinski definition) is 3. The zero-order valence-electron chi connectivity index (χ0n) is 11.1. The summed E-state index contributed by atoms with van der Waals surface area (Å²) in [6, 6.07) is 3.41. The van der Waals surface area contributed by atoms with E-state index in [0.717, 1.165) is 0 Å². The second-order valence-corrected chi connectivity index (χ2v) is 5.04. The first-order chi connectivity index (χ1) is 8.99. The van der Waals surface area contributed by atoms with Crippen molar-refractivity contribution in [3.05, 3.63) is 24.2 Å². The van der Waals surface area contributed by atoms with E-state index in [1.54, 1.807) is 30.3 Å². The molecular weight excluding hydrogens is 248 g/mol. The number of rotatable bonds is 3. The molecule has 1 aliphatic rings. The molecule has 6 nitrogen and oxygen atoms in total. The van der Waals surface area contributed by atoms with Crippen LogP contribution in [0.25, 0.3) is 0 Å². The lowest BCUT2D eigenvalue weighted by Crippen LogP contribution is -2.39. The minimum atomic E-state index is -0.837. The number of urea groups is 1. The van der Waals surface area contributed by atoms with Crippen LogP contribution in [0.3, 0.4) is 0 Å². The number of carboxylic acid groups (broad SMARTS) is 1. The van der Waals surface area contributed by atoms with E-state index in [4.69, 9.17) is 9.52 Å². The van der Waals surface area contributed by atoms with Gasteiger partial charge in [0.25, 0.3) is 0 Å². The summed E-state index contributed by atoms with van der Waals surface area (Å²) in [6.07, 6.45) is 1.56. The van der Waals surface area contributed by atoms with Gasteiger partial charge in [-0.05, 0) is 18.1 Å². The van der Waals surface area contributed by atoms with Gasteiger partial charge in [-0.1, -0.05) is 6.92 Å². The number of carbonyl (C=O) groups is 2. The van der Waals surface area contributed by atoms with Crippen molar-refractivity contribution in [2.24, 2.45) is 11.8 Å². The number of hydrogen-bond donors (Lipinski definition) is 1. The molecule has 2 atom stereocenters. The first-order valence-electron chi connectivity index (χ1n) is 6.24. The van der Waals surface area contributed by atoms with Crippen LogP contribution in [0.2, 0.25) is 0 Å². The van der Waals surface area contributed by atoms with E-state index in [2.05, 4.69) is 0 Å². The van der Waals surface area contributed by atoms with Gasteiger partial charge in [-0.15, -0.1) is 0 Å². The molecule has 2 rings (SSSR count). The van der Waals surface area contributed by atoms with Gasteiger partial charge in [0.1, 0.15) is 5.76 Å². The molecule has 1 aliphatic heterocycles. The highest BCUT2D eigenvalue weighted by Crippen LogP contribution is 2.24. The first-order valence-corrected chi connectivity index (χ1v) is 6.24. The van der Waals surface area contributed by atoms with Gasteiger partial charge >= 0.3 is 12.0 Å². The Kier molecular flexibility index (Phi) is 3.78. The maximum absolute atomic E-state index is 12.2. The fraction of sp³-hybridized carbons (Fsp3) is 0.538. The van der Waals surface area contributed by atoms with Crippen LogP contribution in [-0.4, -0.2) is 47.0 Å². The summed E-state index contributed by atoms with van der Waals surface area (Å²) in [7, 11) is 1.68. The van der Waals surface area contributed by atoms with Gasteiger partial charge in [0.05, 0.1) is 18.7 Å². The van der Waals surface area contributed by atoms with Gasteiger partial charge in [-0.3, -0.25) is 4.79 Å². The van der Waals surface area contributed by atoms with E-state index < -0.39 is 11.9 Å². The Labute approximate surface area is 111 Å². The van der Waals surface area contributed by atoms with E-state index in [1.165, 1.54) is 4.90 Å². The third-order valence-electron chi connectivity index (χ3n) is 3.50. The second kappa shape index (κ2) is 5.34. The molecule has 0 aliphatic carbocycles. The first kappa shape index (κ1) is 13.5. The molecule has 1 saturated heterocycles. The summed E-state index contributed by atoms with van der Waals surface area (Å²) in [5.41, 5.74) is 0. The summed E-state index contributed by atoms with van der Waals surface area (Å²) in [6.45, 7) is 3.00. The molecule has 2 unspecified atom stereocenters. The molecule has 2 heterocycles. The van der Waals surface area contributed by atoms with Crippen molar-refractivity contribution in [2.75, 3.05) is 20.1 Å². The van der Waals surface area contributed by atoms with E-state index in [-0.39, 0.29) is 18.5 Å². The Morgan fingerprint density at radius 3 is 2.79 bits per heavy atom. The van der Waals surface area contributed by atoms with Crippen LogP contribution >= 0.6 is 0 Å². The van der Waals surface area contributed by atoms with E-state index in [1.807, 2.05) is 6.92 Å². The number of amides is 2. The van der Waals surface area contributed by atoms with Crippen LogP contribution in [0.1, 0.15) is 12.7 Å². The molecule has 1 fully saturated rings. The largest absolute Gasteiger partial charge is 0.481 e. The molecule has 0 radical (unpaired) electrons. The minimum absolute atomic E-state index is 0.0153. The molecule has 1 N–H and O–H groups in total. The van der Waals surface area contributed by atoms with Crippen LogP contribution in [0, 0.1) is 11.8 Å². The highest BCUT2D eigenvalue weighted by molar-refractivity contribution is 5.77. The summed E-state index contributed by atoms with van der Waals surface area (Å²) >= 11 is 0. The Bertz CT molecular complexity index is 457. The van der Waals surface area contributed by atoms with Crippen LogP contribution < -0.4 is 0 Å². The van der Waals surface area contributed by atoms with Gasteiger partial charge in [0.2, 0.25) is 0 Å². The predicted molar refractivity (Wildman–Crippen MR) is 67.4 cm³/mol. The standard InChI is InChI=1S/C13H18N2O4/c1-9-6-15(8-11(9)12(16)17)13(18)14(2)7-10-4-3-5-19-10/h3-5,9,11H,6-8H2,1-2H3,(H,16,17).